The van der Waals surface area contributed by atoms with Crippen molar-refractivity contribution in [2.45, 2.75) is 39.0 Å². The summed E-state index contributed by atoms with van der Waals surface area (Å²) in [6, 6.07) is 0. The maximum Gasteiger partial charge on any atom is 0.497 e. The Bertz CT molecular complexity index is 171. The lowest BCUT2D eigenvalue weighted by Gasteiger charge is -2.09. The summed E-state index contributed by atoms with van der Waals surface area (Å²) in [7, 11) is -3.40. The van der Waals surface area contributed by atoms with E-state index in [9.17, 15) is 4.57 Å². The Kier molecular flexibility index (Phi) is 10.0. The first-order chi connectivity index (χ1) is 6.68. The van der Waals surface area contributed by atoms with Gasteiger partial charge in [-0.2, -0.15) is 0 Å². The van der Waals surface area contributed by atoms with E-state index < -0.39 is 7.82 Å². The van der Waals surface area contributed by atoms with Crippen molar-refractivity contribution in [2.75, 3.05) is 6.61 Å². The minimum absolute atomic E-state index is 0.373. The highest BCUT2D eigenvalue weighted by Gasteiger charge is 2.24. The highest BCUT2D eigenvalue weighted by Crippen LogP contribution is 2.53. The van der Waals surface area contributed by atoms with Gasteiger partial charge in [-0.1, -0.05) is 32.6 Å². The summed E-state index contributed by atoms with van der Waals surface area (Å²) in [5, 5.41) is 0. The Morgan fingerprint density at radius 3 is 2.14 bits per heavy atom. The summed E-state index contributed by atoms with van der Waals surface area (Å²) < 4.78 is 25.0. The first-order valence-electron chi connectivity index (χ1n) is 4.53. The van der Waals surface area contributed by atoms with Gasteiger partial charge in [-0.05, 0) is 6.42 Å². The van der Waals surface area contributed by atoms with E-state index in [1.165, 1.54) is 19.3 Å². The fraction of sp³-hybridized carbons (Fsp3) is 1.00. The molecule has 0 rings (SSSR count). The van der Waals surface area contributed by atoms with E-state index in [1.54, 1.807) is 0 Å². The van der Waals surface area contributed by atoms with E-state index >= 15 is 0 Å². The quantitative estimate of drug-likeness (QED) is 0.444. The molecule has 0 aliphatic carbocycles. The lowest BCUT2D eigenvalue weighted by molar-refractivity contribution is 0.227. The molecule has 0 aromatic heterocycles. The molecule has 14 heavy (non-hydrogen) atoms. The summed E-state index contributed by atoms with van der Waals surface area (Å²) in [6.07, 6.45) is 5.53. The number of halogens is 2. The summed E-state index contributed by atoms with van der Waals surface area (Å²) in [5.41, 5.74) is 0. The Hall–Kier alpha value is 1.07. The second-order valence-corrected chi connectivity index (χ2v) is 6.00. The SMILES string of the molecule is CCCCCCCOP(=O)(OBr)OBr. The van der Waals surface area contributed by atoms with E-state index in [-0.39, 0.29) is 0 Å². The highest BCUT2D eigenvalue weighted by atomic mass is 79.9. The molecule has 0 saturated carbocycles. The minimum atomic E-state index is -3.40. The molecular formula is C7H15Br2O4P. The van der Waals surface area contributed by atoms with Crippen molar-refractivity contribution in [2.24, 2.45) is 0 Å². The molecule has 0 aromatic carbocycles. The molecule has 0 atom stereocenters. The summed E-state index contributed by atoms with van der Waals surface area (Å²) in [6.45, 7) is 2.53. The average molecular weight is 354 g/mol. The monoisotopic (exact) mass is 352 g/mol. The molecule has 0 aliphatic rings. The van der Waals surface area contributed by atoms with Crippen LogP contribution >= 0.6 is 40.3 Å². The lowest BCUT2D eigenvalue weighted by atomic mass is 10.2. The predicted molar refractivity (Wildman–Crippen MR) is 62.3 cm³/mol. The van der Waals surface area contributed by atoms with Crippen LogP contribution in [0.4, 0.5) is 0 Å². The Labute approximate surface area is 102 Å². The van der Waals surface area contributed by atoms with Crippen LogP contribution in [0.5, 0.6) is 0 Å². The maximum atomic E-state index is 11.3. The van der Waals surface area contributed by atoms with Gasteiger partial charge in [0.25, 0.3) is 0 Å². The van der Waals surface area contributed by atoms with Crippen molar-refractivity contribution in [1.82, 2.24) is 0 Å². The first-order valence-corrected chi connectivity index (χ1v) is 7.29. The van der Waals surface area contributed by atoms with Crippen molar-refractivity contribution in [3.8, 4) is 0 Å². The van der Waals surface area contributed by atoms with E-state index in [0.717, 1.165) is 12.8 Å². The van der Waals surface area contributed by atoms with Gasteiger partial charge in [0.05, 0.1) is 6.61 Å². The smallest absolute Gasteiger partial charge is 0.286 e. The third-order valence-corrected chi connectivity index (χ3v) is 4.63. The van der Waals surface area contributed by atoms with E-state index in [4.69, 9.17) is 4.52 Å². The molecule has 0 saturated heterocycles. The molecule has 0 aliphatic heterocycles. The van der Waals surface area contributed by atoms with Crippen LogP contribution in [-0.2, 0) is 16.3 Å². The van der Waals surface area contributed by atoms with Crippen molar-refractivity contribution in [3.63, 3.8) is 0 Å². The van der Waals surface area contributed by atoms with Crippen LogP contribution in [-0.4, -0.2) is 6.61 Å². The molecule has 4 nitrogen and oxygen atoms in total. The largest absolute Gasteiger partial charge is 0.497 e. The maximum absolute atomic E-state index is 11.3. The van der Waals surface area contributed by atoms with Crippen LogP contribution < -0.4 is 0 Å². The van der Waals surface area contributed by atoms with Crippen LogP contribution in [0.3, 0.4) is 0 Å². The van der Waals surface area contributed by atoms with Gasteiger partial charge in [0.2, 0.25) is 0 Å². The third kappa shape index (κ3) is 7.37. The molecule has 7 heteroatoms. The molecular weight excluding hydrogens is 339 g/mol. The van der Waals surface area contributed by atoms with Gasteiger partial charge in [-0.25, -0.2) is 11.8 Å². The molecule has 86 valence electrons. The second-order valence-electron chi connectivity index (χ2n) is 2.83. The van der Waals surface area contributed by atoms with Crippen LogP contribution in [0.1, 0.15) is 39.0 Å². The molecule has 0 spiro atoms. The van der Waals surface area contributed by atoms with E-state index in [1.807, 2.05) is 0 Å². The third-order valence-electron chi connectivity index (χ3n) is 1.67. The number of phosphoric acid groups is 1. The lowest BCUT2D eigenvalue weighted by Crippen LogP contribution is -1.93. The van der Waals surface area contributed by atoms with Gasteiger partial charge in [0, 0.05) is 0 Å². The molecule has 0 heterocycles. The number of rotatable bonds is 9. The van der Waals surface area contributed by atoms with Crippen molar-refractivity contribution in [3.05, 3.63) is 0 Å². The Morgan fingerprint density at radius 1 is 1.07 bits per heavy atom. The van der Waals surface area contributed by atoms with E-state index in [0.29, 0.717) is 6.61 Å². The topological polar surface area (TPSA) is 44.8 Å². The molecule has 0 N–H and O–H groups in total. The molecule has 0 radical (unpaired) electrons. The van der Waals surface area contributed by atoms with Gasteiger partial charge in [0.15, 0.2) is 0 Å². The van der Waals surface area contributed by atoms with Crippen molar-refractivity contribution in [1.29, 1.82) is 0 Å². The molecule has 0 aromatic rings. The average Bonchev–Trinajstić information content (AvgIpc) is 2.23. The zero-order valence-electron chi connectivity index (χ0n) is 8.08. The van der Waals surface area contributed by atoms with Gasteiger partial charge >= 0.3 is 7.82 Å². The fourth-order valence-electron chi connectivity index (χ4n) is 0.932. The van der Waals surface area contributed by atoms with Gasteiger partial charge in [0.1, 0.15) is 32.5 Å². The Morgan fingerprint density at radius 2 is 1.64 bits per heavy atom. The fourth-order valence-corrected chi connectivity index (χ4v) is 2.72. The standard InChI is InChI=1S/C7H15Br2O4P/c1-2-3-4-5-6-7-11-14(10,12-8)13-9/h2-7H2,1H3. The van der Waals surface area contributed by atoms with Crippen LogP contribution in [0.25, 0.3) is 0 Å². The number of hydrogen-bond acceptors (Lipinski definition) is 4. The van der Waals surface area contributed by atoms with Gasteiger partial charge in [-0.15, -0.1) is 0 Å². The van der Waals surface area contributed by atoms with Gasteiger partial charge in [-0.3, -0.25) is 4.52 Å². The van der Waals surface area contributed by atoms with Crippen LogP contribution in [0, 0.1) is 0 Å². The van der Waals surface area contributed by atoms with Gasteiger partial charge < -0.3 is 0 Å². The number of unbranched alkanes of at least 4 members (excludes halogenated alkanes) is 4. The molecule has 0 amide bonds. The van der Waals surface area contributed by atoms with E-state index in [2.05, 4.69) is 46.7 Å². The molecule has 0 fully saturated rings. The first kappa shape index (κ1) is 15.1. The highest BCUT2D eigenvalue weighted by molar-refractivity contribution is 9.07. The molecule has 0 bridgehead atoms. The predicted octanol–water partition coefficient (Wildman–Crippen LogP) is 4.73. The molecule has 0 unspecified atom stereocenters. The summed E-state index contributed by atoms with van der Waals surface area (Å²) >= 11 is 5.17. The van der Waals surface area contributed by atoms with Crippen LogP contribution in [0.2, 0.25) is 0 Å². The zero-order valence-corrected chi connectivity index (χ0v) is 12.1. The van der Waals surface area contributed by atoms with Crippen LogP contribution in [0.15, 0.2) is 0 Å². The summed E-state index contributed by atoms with van der Waals surface area (Å²) in [4.78, 5) is 0. The number of hydrogen-bond donors (Lipinski definition) is 0. The zero-order chi connectivity index (χ0) is 10.9. The van der Waals surface area contributed by atoms with Crippen molar-refractivity contribution >= 4 is 40.3 Å². The second kappa shape index (κ2) is 9.31. The Balaban J connectivity index is 3.39. The summed E-state index contributed by atoms with van der Waals surface area (Å²) in [5.74, 6) is 0. The normalized spacial score (nSPS) is 11.9. The van der Waals surface area contributed by atoms with Crippen molar-refractivity contribution < 1.29 is 16.3 Å². The minimum Gasteiger partial charge on any atom is -0.286 e.